The Labute approximate surface area is 175 Å². The van der Waals surface area contributed by atoms with E-state index in [1.165, 1.54) is 6.39 Å². The topological polar surface area (TPSA) is 66.7 Å². The van der Waals surface area contributed by atoms with Crippen LogP contribution in [0.2, 0.25) is 0 Å². The Balaban J connectivity index is 1.40. The molecule has 1 saturated heterocycles. The highest BCUT2D eigenvalue weighted by Gasteiger charge is 2.54. The summed E-state index contributed by atoms with van der Waals surface area (Å²) in [6.07, 6.45) is 4.59. The minimum absolute atomic E-state index is 0.0461. The van der Waals surface area contributed by atoms with Gasteiger partial charge in [-0.25, -0.2) is 4.98 Å². The van der Waals surface area contributed by atoms with Gasteiger partial charge in [-0.15, -0.1) is 0 Å². The van der Waals surface area contributed by atoms with Gasteiger partial charge in [0.25, 0.3) is 5.91 Å². The van der Waals surface area contributed by atoms with E-state index in [1.807, 2.05) is 46.2 Å². The molecule has 6 heteroatoms. The fourth-order valence-corrected chi connectivity index (χ4v) is 4.74. The van der Waals surface area contributed by atoms with Gasteiger partial charge in [-0.1, -0.05) is 37.3 Å². The largest absolute Gasteiger partial charge is 0.444 e. The molecule has 1 atom stereocenters. The van der Waals surface area contributed by atoms with Crippen LogP contribution in [0.1, 0.15) is 35.7 Å². The molecule has 0 saturated carbocycles. The SMILES string of the molecule is CCCN1C(=O)C2(CCN(C(=O)c3ccc(-c4cnco4)cc3)C2)c2ccccc21. The lowest BCUT2D eigenvalue weighted by Gasteiger charge is -2.24. The minimum Gasteiger partial charge on any atom is -0.444 e. The van der Waals surface area contributed by atoms with Crippen LogP contribution < -0.4 is 4.90 Å². The molecule has 0 aliphatic carbocycles. The van der Waals surface area contributed by atoms with Crippen molar-refractivity contribution in [3.05, 3.63) is 72.2 Å². The number of hydrogen-bond acceptors (Lipinski definition) is 4. The predicted octanol–water partition coefficient (Wildman–Crippen LogP) is 3.88. The molecule has 0 bridgehead atoms. The maximum absolute atomic E-state index is 13.4. The second-order valence-electron chi connectivity index (χ2n) is 7.98. The number of likely N-dealkylation sites (tertiary alicyclic amines) is 1. The van der Waals surface area contributed by atoms with Crippen LogP contribution in [-0.2, 0) is 10.2 Å². The van der Waals surface area contributed by atoms with Crippen molar-refractivity contribution < 1.29 is 14.0 Å². The van der Waals surface area contributed by atoms with Crippen molar-refractivity contribution in [2.75, 3.05) is 24.5 Å². The highest BCUT2D eigenvalue weighted by molar-refractivity contribution is 6.09. The van der Waals surface area contributed by atoms with Crippen LogP contribution in [0.5, 0.6) is 0 Å². The number of hydrogen-bond donors (Lipinski definition) is 0. The molecule has 6 nitrogen and oxygen atoms in total. The molecular formula is C24H23N3O3. The van der Waals surface area contributed by atoms with E-state index in [1.54, 1.807) is 18.3 Å². The van der Waals surface area contributed by atoms with Crippen LogP contribution in [0.4, 0.5) is 5.69 Å². The van der Waals surface area contributed by atoms with E-state index in [4.69, 9.17) is 4.42 Å². The average molecular weight is 401 g/mol. The first-order valence-electron chi connectivity index (χ1n) is 10.3. The number of oxazole rings is 1. The van der Waals surface area contributed by atoms with Crippen molar-refractivity contribution >= 4 is 17.5 Å². The molecule has 1 fully saturated rings. The van der Waals surface area contributed by atoms with Gasteiger partial charge in [-0.3, -0.25) is 9.59 Å². The second kappa shape index (κ2) is 7.13. The van der Waals surface area contributed by atoms with E-state index < -0.39 is 5.41 Å². The van der Waals surface area contributed by atoms with Crippen LogP contribution in [0.25, 0.3) is 11.3 Å². The number of benzene rings is 2. The number of para-hydroxylation sites is 1. The number of carbonyl (C=O) groups is 2. The normalized spacial score (nSPS) is 20.2. The van der Waals surface area contributed by atoms with Gasteiger partial charge in [0.15, 0.2) is 12.2 Å². The van der Waals surface area contributed by atoms with E-state index in [0.29, 0.717) is 37.4 Å². The molecule has 0 radical (unpaired) electrons. The smallest absolute Gasteiger partial charge is 0.253 e. The monoisotopic (exact) mass is 401 g/mol. The third kappa shape index (κ3) is 2.75. The van der Waals surface area contributed by atoms with Crippen molar-refractivity contribution in [1.29, 1.82) is 0 Å². The van der Waals surface area contributed by atoms with Crippen molar-refractivity contribution in [3.8, 4) is 11.3 Å². The summed E-state index contributed by atoms with van der Waals surface area (Å²) in [4.78, 5) is 34.2. The molecule has 2 aromatic carbocycles. The van der Waals surface area contributed by atoms with Gasteiger partial charge >= 0.3 is 0 Å². The van der Waals surface area contributed by atoms with E-state index in [-0.39, 0.29) is 11.8 Å². The van der Waals surface area contributed by atoms with Gasteiger partial charge in [0.2, 0.25) is 5.91 Å². The molecule has 1 aromatic heterocycles. The third-order valence-corrected chi connectivity index (χ3v) is 6.22. The Morgan fingerprint density at radius 1 is 1.17 bits per heavy atom. The average Bonchev–Trinajstić information content (AvgIpc) is 3.51. The lowest BCUT2D eigenvalue weighted by atomic mass is 9.81. The fourth-order valence-electron chi connectivity index (χ4n) is 4.74. The molecule has 1 spiro atoms. The Morgan fingerprint density at radius 3 is 2.70 bits per heavy atom. The number of rotatable bonds is 4. The van der Waals surface area contributed by atoms with Crippen LogP contribution in [0.3, 0.4) is 0 Å². The van der Waals surface area contributed by atoms with Crippen molar-refractivity contribution in [1.82, 2.24) is 9.88 Å². The van der Waals surface area contributed by atoms with Gasteiger partial charge in [0.1, 0.15) is 0 Å². The molecule has 1 unspecified atom stereocenters. The quantitative estimate of drug-likeness (QED) is 0.665. The molecule has 30 heavy (non-hydrogen) atoms. The summed E-state index contributed by atoms with van der Waals surface area (Å²) in [5.74, 6) is 0.745. The fraction of sp³-hybridized carbons (Fsp3) is 0.292. The lowest BCUT2D eigenvalue weighted by Crippen LogP contribution is -2.43. The standard InChI is InChI=1S/C24H23N3O3/c1-2-12-27-20-6-4-3-5-19(20)24(23(27)29)11-13-26(15-24)22(28)18-9-7-17(8-10-18)21-14-25-16-30-21/h3-10,14,16H,2,11-13,15H2,1H3. The molecule has 3 aromatic rings. The Kier molecular flexibility index (Phi) is 4.42. The summed E-state index contributed by atoms with van der Waals surface area (Å²) < 4.78 is 5.31. The zero-order valence-electron chi connectivity index (χ0n) is 16.9. The van der Waals surface area contributed by atoms with Crippen molar-refractivity contribution in [2.24, 2.45) is 0 Å². The first kappa shape index (κ1) is 18.6. The Hall–Kier alpha value is -3.41. The van der Waals surface area contributed by atoms with E-state index in [0.717, 1.165) is 23.2 Å². The zero-order chi connectivity index (χ0) is 20.7. The van der Waals surface area contributed by atoms with Gasteiger partial charge in [-0.2, -0.15) is 0 Å². The summed E-state index contributed by atoms with van der Waals surface area (Å²) in [7, 11) is 0. The van der Waals surface area contributed by atoms with Crippen LogP contribution in [0, 0.1) is 0 Å². The second-order valence-corrected chi connectivity index (χ2v) is 7.98. The van der Waals surface area contributed by atoms with Gasteiger partial charge in [0.05, 0.1) is 11.6 Å². The first-order valence-corrected chi connectivity index (χ1v) is 10.3. The van der Waals surface area contributed by atoms with E-state index >= 15 is 0 Å². The molecule has 2 aliphatic rings. The molecule has 2 amide bonds. The van der Waals surface area contributed by atoms with Crippen molar-refractivity contribution in [2.45, 2.75) is 25.2 Å². The molecule has 0 N–H and O–H groups in total. The molecule has 5 rings (SSSR count). The summed E-state index contributed by atoms with van der Waals surface area (Å²) in [6, 6.07) is 15.3. The maximum Gasteiger partial charge on any atom is 0.253 e. The number of nitrogens with zero attached hydrogens (tertiary/aromatic N) is 3. The molecule has 3 heterocycles. The zero-order valence-corrected chi connectivity index (χ0v) is 16.9. The summed E-state index contributed by atoms with van der Waals surface area (Å²) in [5.41, 5.74) is 2.91. The maximum atomic E-state index is 13.4. The highest BCUT2D eigenvalue weighted by atomic mass is 16.3. The number of carbonyl (C=O) groups excluding carboxylic acids is 2. The van der Waals surface area contributed by atoms with Crippen LogP contribution >= 0.6 is 0 Å². The Bertz CT molecular complexity index is 1090. The van der Waals surface area contributed by atoms with Gasteiger partial charge < -0.3 is 14.2 Å². The molecule has 152 valence electrons. The van der Waals surface area contributed by atoms with Gasteiger partial charge in [0, 0.05) is 36.4 Å². The summed E-state index contributed by atoms with van der Waals surface area (Å²) in [5, 5.41) is 0. The minimum atomic E-state index is -0.624. The number of anilines is 1. The molecule has 2 aliphatic heterocycles. The van der Waals surface area contributed by atoms with Crippen LogP contribution in [-0.4, -0.2) is 41.3 Å². The summed E-state index contributed by atoms with van der Waals surface area (Å²) in [6.45, 7) is 3.77. The highest BCUT2D eigenvalue weighted by Crippen LogP contribution is 2.47. The van der Waals surface area contributed by atoms with E-state index in [2.05, 4.69) is 11.9 Å². The van der Waals surface area contributed by atoms with Crippen LogP contribution in [0.15, 0.2) is 65.5 Å². The first-order chi connectivity index (χ1) is 14.6. The van der Waals surface area contributed by atoms with E-state index in [9.17, 15) is 9.59 Å². The van der Waals surface area contributed by atoms with Crippen molar-refractivity contribution in [3.63, 3.8) is 0 Å². The number of fused-ring (bicyclic) bond motifs is 2. The number of amides is 2. The predicted molar refractivity (Wildman–Crippen MR) is 113 cm³/mol. The summed E-state index contributed by atoms with van der Waals surface area (Å²) >= 11 is 0. The Morgan fingerprint density at radius 2 is 1.97 bits per heavy atom. The lowest BCUT2D eigenvalue weighted by molar-refractivity contribution is -0.122. The van der Waals surface area contributed by atoms with Gasteiger partial charge in [-0.05, 0) is 36.6 Å². The third-order valence-electron chi connectivity index (χ3n) is 6.22. The number of aromatic nitrogens is 1. The molecular weight excluding hydrogens is 378 g/mol.